The summed E-state index contributed by atoms with van der Waals surface area (Å²) in [5.74, 6) is 0.172. The number of phenolic OH excluding ortho intramolecular Hbond substituents is 1. The number of carbonyl (C=O) groups is 1. The van der Waals surface area contributed by atoms with Crippen LogP contribution in [0.4, 0.5) is 0 Å². The van der Waals surface area contributed by atoms with Gasteiger partial charge >= 0.3 is 0 Å². The van der Waals surface area contributed by atoms with E-state index in [1.807, 2.05) is 76.4 Å². The van der Waals surface area contributed by atoms with Gasteiger partial charge in [-0.2, -0.15) is 9.12 Å². The van der Waals surface area contributed by atoms with Crippen LogP contribution < -0.4 is 5.62 Å². The first kappa shape index (κ1) is 24.0. The Morgan fingerprint density at radius 2 is 1.59 bits per heavy atom. The minimum Gasteiger partial charge on any atom is -0.507 e. The summed E-state index contributed by atoms with van der Waals surface area (Å²) in [6.07, 6.45) is 1.68. The number of phenols is 1. The fraction of sp³-hybridized carbons (Fsp3) is 0.400. The maximum Gasteiger partial charge on any atom is 0.235 e. The minimum atomic E-state index is -0.304. The van der Waals surface area contributed by atoms with Crippen LogP contribution in [0.25, 0.3) is 0 Å². The minimum absolute atomic E-state index is 0.0458. The molecule has 7 heteroatoms. The number of Topliss-reactive ketones (excluding diaryl/α,β-unsaturated/α-hetero) is 1. The van der Waals surface area contributed by atoms with Gasteiger partial charge in [0.2, 0.25) is 5.62 Å². The number of aromatic hydroxyl groups is 1. The molecule has 1 aromatic heterocycles. The van der Waals surface area contributed by atoms with Gasteiger partial charge in [0.1, 0.15) is 18.6 Å². The molecule has 1 heterocycles. The van der Waals surface area contributed by atoms with E-state index in [0.717, 1.165) is 16.7 Å². The van der Waals surface area contributed by atoms with Crippen LogP contribution in [-0.4, -0.2) is 25.2 Å². The second kappa shape index (κ2) is 9.06. The van der Waals surface area contributed by atoms with Gasteiger partial charge in [-0.15, -0.1) is 0 Å². The van der Waals surface area contributed by atoms with Gasteiger partial charge in [0.15, 0.2) is 5.78 Å². The summed E-state index contributed by atoms with van der Waals surface area (Å²) >= 11 is 3.18. The van der Waals surface area contributed by atoms with E-state index in [1.165, 1.54) is 0 Å². The first-order chi connectivity index (χ1) is 14.9. The number of benzene rings is 2. The van der Waals surface area contributed by atoms with E-state index in [-0.39, 0.29) is 28.9 Å². The number of hydrogen-bond donors (Lipinski definition) is 1. The van der Waals surface area contributed by atoms with Crippen molar-refractivity contribution in [1.82, 2.24) is 14.3 Å². The summed E-state index contributed by atoms with van der Waals surface area (Å²) in [4.78, 5) is 13.3. The van der Waals surface area contributed by atoms with Crippen molar-refractivity contribution in [2.75, 3.05) is 0 Å². The zero-order valence-corrected chi connectivity index (χ0v) is 21.1. The molecule has 0 radical (unpaired) electrons. The molecule has 0 atom stereocenters. The van der Waals surface area contributed by atoms with Gasteiger partial charge in [0.25, 0.3) is 0 Å². The molecule has 0 unspecified atom stereocenters. The highest BCUT2D eigenvalue weighted by Gasteiger charge is 2.28. The number of hydrogen-bond acceptors (Lipinski definition) is 4. The van der Waals surface area contributed by atoms with Crippen LogP contribution in [0, 0.1) is 0 Å². The molecule has 0 fully saturated rings. The highest BCUT2D eigenvalue weighted by Crippen LogP contribution is 2.39. The zero-order chi connectivity index (χ0) is 23.7. The fourth-order valence-corrected chi connectivity index (χ4v) is 4.02. The summed E-state index contributed by atoms with van der Waals surface area (Å²) in [5, 5.41) is 15.3. The highest BCUT2D eigenvalue weighted by molar-refractivity contribution is 9.08. The Hall–Kier alpha value is -2.67. The van der Waals surface area contributed by atoms with Gasteiger partial charge in [0, 0.05) is 16.7 Å². The highest BCUT2D eigenvalue weighted by atomic mass is 79.9. The zero-order valence-electron chi connectivity index (χ0n) is 19.6. The first-order valence-electron chi connectivity index (χ1n) is 10.6. The van der Waals surface area contributed by atoms with Crippen LogP contribution >= 0.6 is 16.1 Å². The lowest BCUT2D eigenvalue weighted by Crippen LogP contribution is -2.29. The maximum absolute atomic E-state index is 13.3. The Labute approximate surface area is 198 Å². The van der Waals surface area contributed by atoms with Crippen molar-refractivity contribution in [3.63, 3.8) is 0 Å². The first-order valence-corrected chi connectivity index (χ1v) is 11.3. The van der Waals surface area contributed by atoms with Crippen LogP contribution in [0.2, 0.25) is 0 Å². The Morgan fingerprint density at radius 1 is 1.03 bits per heavy atom. The number of aromatic nitrogens is 3. The van der Waals surface area contributed by atoms with Crippen LogP contribution in [-0.2, 0) is 23.9 Å². The number of nitrogens with zero attached hydrogens (tertiary/aromatic N) is 4. The average molecular weight is 499 g/mol. The molecular weight excluding hydrogens is 468 g/mol. The van der Waals surface area contributed by atoms with Gasteiger partial charge in [-0.3, -0.25) is 9.36 Å². The maximum atomic E-state index is 13.3. The molecule has 0 aliphatic rings. The SMILES string of the molecule is CC(C)(C)c1cc(C(=O)Cn2ncn(Cc3ccccc3)/c2=N/Br)cc(C(C)(C)C)c1O. The van der Waals surface area contributed by atoms with Gasteiger partial charge in [-0.05, 0) is 28.5 Å². The summed E-state index contributed by atoms with van der Waals surface area (Å²) < 4.78 is 7.65. The summed E-state index contributed by atoms with van der Waals surface area (Å²) in [5.41, 5.74) is 3.14. The van der Waals surface area contributed by atoms with Gasteiger partial charge < -0.3 is 5.11 Å². The molecule has 0 spiro atoms. The van der Waals surface area contributed by atoms with Gasteiger partial charge in [-0.25, -0.2) is 4.68 Å². The number of halogens is 1. The van der Waals surface area contributed by atoms with E-state index in [9.17, 15) is 9.90 Å². The molecule has 0 saturated carbocycles. The molecule has 0 aliphatic heterocycles. The van der Waals surface area contributed by atoms with E-state index in [2.05, 4.69) is 25.3 Å². The standard InChI is InChI=1S/C25H31BrN4O2/c1-24(2,3)19-12-18(13-20(22(19)32)25(4,5)6)21(31)15-30-23(28-26)29(16-27-30)14-17-10-8-7-9-11-17/h7-13,16,32H,14-15H2,1-6H3/b28-23-. The topological polar surface area (TPSA) is 72.4 Å². The predicted molar refractivity (Wildman–Crippen MR) is 130 cm³/mol. The van der Waals surface area contributed by atoms with Crippen LogP contribution in [0.5, 0.6) is 5.75 Å². The Kier molecular flexibility index (Phi) is 6.79. The lowest BCUT2D eigenvalue weighted by Gasteiger charge is -2.28. The molecule has 0 aliphatic carbocycles. The van der Waals surface area contributed by atoms with E-state index < -0.39 is 0 Å². The Bertz CT molecular complexity index is 1140. The molecule has 0 bridgehead atoms. The molecule has 0 amide bonds. The smallest absolute Gasteiger partial charge is 0.235 e. The number of ketones is 1. The van der Waals surface area contributed by atoms with Crippen LogP contribution in [0.1, 0.15) is 68.6 Å². The monoisotopic (exact) mass is 498 g/mol. The largest absolute Gasteiger partial charge is 0.507 e. The summed E-state index contributed by atoms with van der Waals surface area (Å²) in [6, 6.07) is 13.6. The van der Waals surface area contributed by atoms with Crippen molar-refractivity contribution in [3.8, 4) is 5.75 Å². The van der Waals surface area contributed by atoms with E-state index in [4.69, 9.17) is 0 Å². The number of carbonyl (C=O) groups excluding carboxylic acids is 1. The molecule has 3 aromatic rings. The quantitative estimate of drug-likeness (QED) is 0.495. The molecular formula is C25H31BrN4O2. The van der Waals surface area contributed by atoms with Crippen LogP contribution in [0.15, 0.2) is 52.8 Å². The Morgan fingerprint density at radius 3 is 2.09 bits per heavy atom. The molecule has 6 nitrogen and oxygen atoms in total. The molecule has 32 heavy (non-hydrogen) atoms. The van der Waals surface area contributed by atoms with Crippen molar-refractivity contribution in [3.05, 3.63) is 76.7 Å². The normalized spacial score (nSPS) is 12.9. The third kappa shape index (κ3) is 5.21. The summed E-state index contributed by atoms with van der Waals surface area (Å²) in [6.45, 7) is 12.8. The lowest BCUT2D eigenvalue weighted by atomic mass is 9.78. The van der Waals surface area contributed by atoms with Gasteiger partial charge in [-0.1, -0.05) is 71.9 Å². The molecule has 3 rings (SSSR count). The molecule has 170 valence electrons. The van der Waals surface area contributed by atoms with Crippen molar-refractivity contribution >= 4 is 21.9 Å². The van der Waals surface area contributed by atoms with Crippen molar-refractivity contribution < 1.29 is 9.90 Å². The molecule has 2 aromatic carbocycles. The molecule has 0 saturated heterocycles. The van der Waals surface area contributed by atoms with E-state index >= 15 is 0 Å². The fourth-order valence-electron chi connectivity index (χ4n) is 3.64. The Balaban J connectivity index is 1.97. The van der Waals surface area contributed by atoms with Crippen molar-refractivity contribution in [2.45, 2.75) is 65.5 Å². The lowest BCUT2D eigenvalue weighted by molar-refractivity contribution is 0.0965. The average Bonchev–Trinajstić information content (AvgIpc) is 3.08. The number of rotatable bonds is 5. The van der Waals surface area contributed by atoms with Crippen molar-refractivity contribution in [2.24, 2.45) is 4.02 Å². The molecule has 1 N–H and O–H groups in total. The van der Waals surface area contributed by atoms with Gasteiger partial charge in [0.05, 0.1) is 22.7 Å². The van der Waals surface area contributed by atoms with Crippen LogP contribution in [0.3, 0.4) is 0 Å². The summed E-state index contributed by atoms with van der Waals surface area (Å²) in [7, 11) is 0. The second-order valence-corrected chi connectivity index (χ2v) is 10.5. The third-order valence-corrected chi connectivity index (χ3v) is 5.75. The van der Waals surface area contributed by atoms with E-state index in [0.29, 0.717) is 17.7 Å². The third-order valence-electron chi connectivity index (χ3n) is 5.43. The second-order valence-electron chi connectivity index (χ2n) is 10.1. The predicted octanol–water partition coefficient (Wildman–Crippen LogP) is 5.13. The van der Waals surface area contributed by atoms with Crippen molar-refractivity contribution in [1.29, 1.82) is 0 Å². The van der Waals surface area contributed by atoms with E-state index in [1.54, 1.807) is 23.1 Å².